The molecule has 1 aliphatic rings. The summed E-state index contributed by atoms with van der Waals surface area (Å²) in [5.74, 6) is 0.116. The average molecular weight is 257 g/mol. The average Bonchev–Trinajstić information content (AvgIpc) is 2.39. The predicted molar refractivity (Wildman–Crippen MR) is 68.3 cm³/mol. The van der Waals surface area contributed by atoms with Gasteiger partial charge >= 0.3 is 6.09 Å². The molecule has 1 N–H and O–H groups in total. The first-order valence-electron chi connectivity index (χ1n) is 6.49. The summed E-state index contributed by atoms with van der Waals surface area (Å²) in [6.45, 7) is 6.55. The molecule has 18 heavy (non-hydrogen) atoms. The van der Waals surface area contributed by atoms with E-state index in [0.717, 1.165) is 26.1 Å². The van der Waals surface area contributed by atoms with Crippen LogP contribution in [0.3, 0.4) is 0 Å². The first-order chi connectivity index (χ1) is 8.67. The van der Waals surface area contributed by atoms with Crippen LogP contribution in [0.4, 0.5) is 4.79 Å². The van der Waals surface area contributed by atoms with Crippen LogP contribution in [0.2, 0.25) is 0 Å². The van der Waals surface area contributed by atoms with Crippen molar-refractivity contribution in [1.29, 1.82) is 0 Å². The Morgan fingerprint density at radius 2 is 1.89 bits per heavy atom. The van der Waals surface area contributed by atoms with Gasteiger partial charge in [-0.15, -0.1) is 0 Å². The molecule has 1 aliphatic heterocycles. The van der Waals surface area contributed by atoms with Crippen molar-refractivity contribution in [3.63, 3.8) is 0 Å². The number of ether oxygens (including phenoxy) is 1. The smallest absolute Gasteiger partial charge is 0.409 e. The topological polar surface area (TPSA) is 61.9 Å². The van der Waals surface area contributed by atoms with Crippen molar-refractivity contribution in [2.75, 3.05) is 46.4 Å². The minimum absolute atomic E-state index is 0.116. The molecule has 1 fully saturated rings. The van der Waals surface area contributed by atoms with Crippen molar-refractivity contribution in [2.24, 2.45) is 0 Å². The molecule has 1 heterocycles. The van der Waals surface area contributed by atoms with E-state index in [1.54, 1.807) is 4.90 Å². The summed E-state index contributed by atoms with van der Waals surface area (Å²) in [4.78, 5) is 26.5. The molecular weight excluding hydrogens is 234 g/mol. The van der Waals surface area contributed by atoms with Gasteiger partial charge in [-0.2, -0.15) is 0 Å². The minimum atomic E-state index is -0.258. The third kappa shape index (κ3) is 4.91. The van der Waals surface area contributed by atoms with E-state index in [-0.39, 0.29) is 12.0 Å². The molecule has 0 aromatic heterocycles. The van der Waals surface area contributed by atoms with Crippen LogP contribution < -0.4 is 5.32 Å². The maximum Gasteiger partial charge on any atom is 0.409 e. The van der Waals surface area contributed by atoms with E-state index in [1.165, 1.54) is 7.11 Å². The van der Waals surface area contributed by atoms with E-state index in [9.17, 15) is 9.59 Å². The lowest BCUT2D eigenvalue weighted by atomic mass is 10.3. The van der Waals surface area contributed by atoms with Crippen LogP contribution in [0.1, 0.15) is 19.8 Å². The third-order valence-corrected chi connectivity index (χ3v) is 3.03. The van der Waals surface area contributed by atoms with Crippen LogP contribution in [0.25, 0.3) is 0 Å². The van der Waals surface area contributed by atoms with Gasteiger partial charge in [0, 0.05) is 45.7 Å². The van der Waals surface area contributed by atoms with E-state index in [1.807, 2.05) is 6.92 Å². The maximum absolute atomic E-state index is 11.3. The van der Waals surface area contributed by atoms with E-state index in [4.69, 9.17) is 0 Å². The van der Waals surface area contributed by atoms with Gasteiger partial charge in [-0.05, 0) is 6.42 Å². The molecule has 0 atom stereocenters. The Morgan fingerprint density at radius 1 is 1.22 bits per heavy atom. The maximum atomic E-state index is 11.3. The molecule has 6 nitrogen and oxygen atoms in total. The van der Waals surface area contributed by atoms with Gasteiger partial charge in [0.25, 0.3) is 0 Å². The monoisotopic (exact) mass is 257 g/mol. The Kier molecular flexibility index (Phi) is 6.49. The number of carbonyl (C=O) groups is 2. The Labute approximate surface area is 108 Å². The van der Waals surface area contributed by atoms with Crippen LogP contribution in [0.15, 0.2) is 0 Å². The number of amides is 2. The van der Waals surface area contributed by atoms with E-state index in [0.29, 0.717) is 26.1 Å². The summed E-state index contributed by atoms with van der Waals surface area (Å²) in [5, 5.41) is 2.89. The highest BCUT2D eigenvalue weighted by atomic mass is 16.5. The fraction of sp³-hybridized carbons (Fsp3) is 0.833. The molecule has 1 rings (SSSR count). The number of rotatable bonds is 5. The normalized spacial score (nSPS) is 16.4. The van der Waals surface area contributed by atoms with Crippen molar-refractivity contribution in [3.05, 3.63) is 0 Å². The highest BCUT2D eigenvalue weighted by Gasteiger charge is 2.20. The summed E-state index contributed by atoms with van der Waals surface area (Å²) >= 11 is 0. The standard InChI is InChI=1S/C12H23N3O3/c1-3-4-11(16)13-5-6-14-7-9-15(10-8-14)12(17)18-2/h3-10H2,1-2H3,(H,13,16). The summed E-state index contributed by atoms with van der Waals surface area (Å²) in [6.07, 6.45) is 1.21. The highest BCUT2D eigenvalue weighted by Crippen LogP contribution is 2.02. The summed E-state index contributed by atoms with van der Waals surface area (Å²) in [7, 11) is 1.40. The van der Waals surface area contributed by atoms with E-state index >= 15 is 0 Å². The Morgan fingerprint density at radius 3 is 2.44 bits per heavy atom. The summed E-state index contributed by atoms with van der Waals surface area (Å²) in [6, 6.07) is 0. The molecule has 6 heteroatoms. The van der Waals surface area contributed by atoms with Crippen LogP contribution in [0.5, 0.6) is 0 Å². The first-order valence-corrected chi connectivity index (χ1v) is 6.49. The van der Waals surface area contributed by atoms with E-state index in [2.05, 4.69) is 15.0 Å². The molecule has 0 radical (unpaired) electrons. The van der Waals surface area contributed by atoms with Crippen molar-refractivity contribution in [1.82, 2.24) is 15.1 Å². The van der Waals surface area contributed by atoms with E-state index < -0.39 is 0 Å². The van der Waals surface area contributed by atoms with Crippen LogP contribution >= 0.6 is 0 Å². The number of carbonyl (C=O) groups excluding carboxylic acids is 2. The second-order valence-electron chi connectivity index (χ2n) is 4.40. The molecule has 0 aliphatic carbocycles. The fourth-order valence-corrected chi connectivity index (χ4v) is 1.95. The first kappa shape index (κ1) is 14.8. The van der Waals surface area contributed by atoms with Crippen LogP contribution in [-0.4, -0.2) is 68.2 Å². The lowest BCUT2D eigenvalue weighted by molar-refractivity contribution is -0.121. The lowest BCUT2D eigenvalue weighted by Crippen LogP contribution is -2.50. The van der Waals surface area contributed by atoms with Gasteiger partial charge in [-0.25, -0.2) is 4.79 Å². The zero-order valence-electron chi connectivity index (χ0n) is 11.3. The van der Waals surface area contributed by atoms with Crippen LogP contribution in [-0.2, 0) is 9.53 Å². The van der Waals surface area contributed by atoms with Gasteiger partial charge in [0.05, 0.1) is 7.11 Å². The molecule has 1 saturated heterocycles. The van der Waals surface area contributed by atoms with Gasteiger partial charge < -0.3 is 15.0 Å². The second kappa shape index (κ2) is 7.92. The van der Waals surface area contributed by atoms with Gasteiger partial charge in [0.15, 0.2) is 0 Å². The molecular formula is C12H23N3O3. The fourth-order valence-electron chi connectivity index (χ4n) is 1.95. The highest BCUT2D eigenvalue weighted by molar-refractivity contribution is 5.75. The predicted octanol–water partition coefficient (Wildman–Crippen LogP) is 0.287. The molecule has 0 spiro atoms. The number of hydrogen-bond acceptors (Lipinski definition) is 4. The zero-order chi connectivity index (χ0) is 13.4. The SMILES string of the molecule is CCCC(=O)NCCN1CCN(C(=O)OC)CC1. The minimum Gasteiger partial charge on any atom is -0.453 e. The second-order valence-corrected chi connectivity index (χ2v) is 4.40. The summed E-state index contributed by atoms with van der Waals surface area (Å²) in [5.41, 5.74) is 0. The van der Waals surface area contributed by atoms with Gasteiger partial charge in [-0.1, -0.05) is 6.92 Å². The third-order valence-electron chi connectivity index (χ3n) is 3.03. The molecule has 0 aromatic carbocycles. The molecule has 0 saturated carbocycles. The Bertz CT molecular complexity index is 276. The summed E-state index contributed by atoms with van der Waals surface area (Å²) < 4.78 is 4.68. The molecule has 2 amide bonds. The van der Waals surface area contributed by atoms with Gasteiger partial charge in [0.2, 0.25) is 5.91 Å². The van der Waals surface area contributed by atoms with Crippen molar-refractivity contribution in [3.8, 4) is 0 Å². The van der Waals surface area contributed by atoms with Gasteiger partial charge in [0.1, 0.15) is 0 Å². The van der Waals surface area contributed by atoms with Crippen molar-refractivity contribution >= 4 is 12.0 Å². The lowest BCUT2D eigenvalue weighted by Gasteiger charge is -2.33. The quantitative estimate of drug-likeness (QED) is 0.769. The molecule has 0 bridgehead atoms. The number of piperazine rings is 1. The largest absolute Gasteiger partial charge is 0.453 e. The number of nitrogens with one attached hydrogen (secondary N) is 1. The van der Waals surface area contributed by atoms with Gasteiger partial charge in [-0.3, -0.25) is 9.69 Å². The molecule has 0 unspecified atom stereocenters. The Balaban J connectivity index is 2.12. The number of methoxy groups -OCH3 is 1. The molecule has 0 aromatic rings. The Hall–Kier alpha value is -1.30. The molecule has 104 valence electrons. The van der Waals surface area contributed by atoms with Crippen LogP contribution in [0, 0.1) is 0 Å². The number of hydrogen-bond donors (Lipinski definition) is 1. The van der Waals surface area contributed by atoms with Crippen molar-refractivity contribution in [2.45, 2.75) is 19.8 Å². The zero-order valence-corrected chi connectivity index (χ0v) is 11.3. The van der Waals surface area contributed by atoms with Crippen molar-refractivity contribution < 1.29 is 14.3 Å². The number of nitrogens with zero attached hydrogens (tertiary/aromatic N) is 2.